The van der Waals surface area contributed by atoms with Crippen LogP contribution in [0.1, 0.15) is 28.1 Å². The van der Waals surface area contributed by atoms with Gasteiger partial charge in [-0.25, -0.2) is 0 Å². The third kappa shape index (κ3) is 6.08. The van der Waals surface area contributed by atoms with E-state index in [9.17, 15) is 14.4 Å². The van der Waals surface area contributed by atoms with E-state index in [1.54, 1.807) is 11.0 Å². The number of hydrogen-bond acceptors (Lipinski definition) is 4. The van der Waals surface area contributed by atoms with Gasteiger partial charge in [0.15, 0.2) is 0 Å². The van der Waals surface area contributed by atoms with Gasteiger partial charge in [0, 0.05) is 31.1 Å². The number of benzene rings is 2. The summed E-state index contributed by atoms with van der Waals surface area (Å²) in [6.07, 6.45) is 1.62. The average molecular weight is 462 g/mol. The molecule has 33 heavy (non-hydrogen) atoms. The largest absolute Gasteiger partial charge is 0.341 e. The number of nitrogens with zero attached hydrogens (tertiary/aromatic N) is 1. The van der Waals surface area contributed by atoms with Crippen molar-refractivity contribution in [2.45, 2.75) is 25.3 Å². The summed E-state index contributed by atoms with van der Waals surface area (Å²) < 4.78 is 0. The second-order valence-corrected chi connectivity index (χ2v) is 9.10. The Hall–Kier alpha value is -3.45. The molecule has 1 saturated heterocycles. The summed E-state index contributed by atoms with van der Waals surface area (Å²) in [7, 11) is 0. The Morgan fingerprint density at radius 2 is 1.58 bits per heavy atom. The minimum Gasteiger partial charge on any atom is -0.341 e. The van der Waals surface area contributed by atoms with Gasteiger partial charge in [-0.2, -0.15) is 0 Å². The number of hydrogen-bond donors (Lipinski definition) is 2. The first kappa shape index (κ1) is 22.7. The van der Waals surface area contributed by atoms with Gasteiger partial charge in [0.05, 0.1) is 4.88 Å². The Kier molecular flexibility index (Phi) is 7.52. The number of anilines is 1. The number of carbonyl (C=O) groups excluding carboxylic acids is 3. The van der Waals surface area contributed by atoms with Crippen LogP contribution in [0.3, 0.4) is 0 Å². The van der Waals surface area contributed by atoms with Crippen molar-refractivity contribution in [3.8, 4) is 0 Å². The number of thiophene rings is 1. The number of para-hydroxylation sites is 1. The van der Waals surface area contributed by atoms with E-state index in [2.05, 4.69) is 10.6 Å². The molecule has 0 radical (unpaired) electrons. The van der Waals surface area contributed by atoms with Crippen molar-refractivity contribution < 1.29 is 14.4 Å². The molecule has 6 nitrogen and oxygen atoms in total. The van der Waals surface area contributed by atoms with Crippen molar-refractivity contribution in [1.29, 1.82) is 0 Å². The van der Waals surface area contributed by atoms with Gasteiger partial charge in [-0.15, -0.1) is 11.3 Å². The highest BCUT2D eigenvalue weighted by molar-refractivity contribution is 7.12. The molecule has 1 aliphatic heterocycles. The van der Waals surface area contributed by atoms with Gasteiger partial charge < -0.3 is 15.5 Å². The first-order chi connectivity index (χ1) is 16.1. The van der Waals surface area contributed by atoms with Gasteiger partial charge in [0.25, 0.3) is 5.91 Å². The zero-order chi connectivity index (χ0) is 23.0. The second-order valence-electron chi connectivity index (χ2n) is 8.15. The number of rotatable bonds is 7. The van der Waals surface area contributed by atoms with Gasteiger partial charge in [-0.05, 0) is 42.0 Å². The Balaban J connectivity index is 1.38. The van der Waals surface area contributed by atoms with Crippen LogP contribution in [-0.4, -0.2) is 41.8 Å². The summed E-state index contributed by atoms with van der Waals surface area (Å²) in [5.41, 5.74) is 1.76. The van der Waals surface area contributed by atoms with Crippen molar-refractivity contribution in [2.75, 3.05) is 18.4 Å². The predicted molar refractivity (Wildman–Crippen MR) is 130 cm³/mol. The summed E-state index contributed by atoms with van der Waals surface area (Å²) in [6.45, 7) is 0.984. The Morgan fingerprint density at radius 3 is 2.21 bits per heavy atom. The SMILES string of the molecule is O=C(NC(Cc1ccccc1)C(=O)N1CCC(C(=O)Nc2ccccc2)CC1)c1cccs1. The molecule has 0 spiro atoms. The Morgan fingerprint density at radius 1 is 0.909 bits per heavy atom. The molecule has 0 saturated carbocycles. The van der Waals surface area contributed by atoms with Crippen LogP contribution in [0.4, 0.5) is 5.69 Å². The van der Waals surface area contributed by atoms with Crippen molar-refractivity contribution in [2.24, 2.45) is 5.92 Å². The van der Waals surface area contributed by atoms with Crippen LogP contribution in [0.2, 0.25) is 0 Å². The van der Waals surface area contributed by atoms with Gasteiger partial charge in [0.2, 0.25) is 11.8 Å². The van der Waals surface area contributed by atoms with E-state index in [1.807, 2.05) is 72.1 Å². The maximum Gasteiger partial charge on any atom is 0.262 e. The molecule has 2 N–H and O–H groups in total. The molecule has 1 aliphatic rings. The normalized spacial score (nSPS) is 15.0. The highest BCUT2D eigenvalue weighted by Crippen LogP contribution is 2.21. The third-order valence-electron chi connectivity index (χ3n) is 5.85. The topological polar surface area (TPSA) is 78.5 Å². The van der Waals surface area contributed by atoms with Crippen molar-refractivity contribution >= 4 is 34.7 Å². The lowest BCUT2D eigenvalue weighted by atomic mass is 9.94. The zero-order valence-electron chi connectivity index (χ0n) is 18.3. The first-order valence-electron chi connectivity index (χ1n) is 11.1. The number of nitrogens with one attached hydrogen (secondary N) is 2. The number of likely N-dealkylation sites (tertiary alicyclic amines) is 1. The van der Waals surface area contributed by atoms with E-state index in [-0.39, 0.29) is 23.6 Å². The number of carbonyl (C=O) groups is 3. The van der Waals surface area contributed by atoms with Crippen LogP contribution < -0.4 is 10.6 Å². The fourth-order valence-electron chi connectivity index (χ4n) is 4.04. The molecule has 2 aromatic carbocycles. The molecule has 1 unspecified atom stereocenters. The molecule has 1 fully saturated rings. The number of amides is 3. The average Bonchev–Trinajstić information content (AvgIpc) is 3.40. The van der Waals surface area contributed by atoms with Crippen LogP contribution in [-0.2, 0) is 16.0 Å². The minimum absolute atomic E-state index is 0.0138. The van der Waals surface area contributed by atoms with Gasteiger partial charge in [0.1, 0.15) is 6.04 Å². The molecule has 1 atom stereocenters. The zero-order valence-corrected chi connectivity index (χ0v) is 19.1. The lowest BCUT2D eigenvalue weighted by Crippen LogP contribution is -2.52. The highest BCUT2D eigenvalue weighted by Gasteiger charge is 2.32. The van der Waals surface area contributed by atoms with Crippen LogP contribution >= 0.6 is 11.3 Å². The second kappa shape index (κ2) is 10.9. The Labute approximate surface area is 197 Å². The molecule has 1 aromatic heterocycles. The van der Waals surface area contributed by atoms with E-state index in [0.29, 0.717) is 37.2 Å². The van der Waals surface area contributed by atoms with Crippen LogP contribution in [0.15, 0.2) is 78.2 Å². The smallest absolute Gasteiger partial charge is 0.262 e. The molecule has 4 rings (SSSR count). The molecule has 0 aliphatic carbocycles. The third-order valence-corrected chi connectivity index (χ3v) is 6.72. The lowest BCUT2D eigenvalue weighted by Gasteiger charge is -2.34. The summed E-state index contributed by atoms with van der Waals surface area (Å²) in [4.78, 5) is 41.1. The van der Waals surface area contributed by atoms with E-state index in [4.69, 9.17) is 0 Å². The van der Waals surface area contributed by atoms with E-state index in [1.165, 1.54) is 11.3 Å². The summed E-state index contributed by atoms with van der Waals surface area (Å²) in [6, 6.07) is 22.0. The van der Waals surface area contributed by atoms with Crippen LogP contribution in [0.5, 0.6) is 0 Å². The Bertz CT molecular complexity index is 1060. The molecule has 3 amide bonds. The molecule has 3 aromatic rings. The lowest BCUT2D eigenvalue weighted by molar-refractivity contribution is -0.136. The molecule has 2 heterocycles. The fraction of sp³-hybridized carbons (Fsp3) is 0.269. The molecular formula is C26H27N3O3S. The minimum atomic E-state index is -0.656. The maximum atomic E-state index is 13.4. The summed E-state index contributed by atoms with van der Waals surface area (Å²) in [5.74, 6) is -0.496. The predicted octanol–water partition coefficient (Wildman–Crippen LogP) is 3.97. The summed E-state index contributed by atoms with van der Waals surface area (Å²) in [5, 5.41) is 7.73. The first-order valence-corrected chi connectivity index (χ1v) is 12.0. The highest BCUT2D eigenvalue weighted by atomic mass is 32.1. The molecule has 0 bridgehead atoms. The van der Waals surface area contributed by atoms with Crippen molar-refractivity contribution in [1.82, 2.24) is 10.2 Å². The van der Waals surface area contributed by atoms with E-state index >= 15 is 0 Å². The quantitative estimate of drug-likeness (QED) is 0.559. The monoisotopic (exact) mass is 461 g/mol. The van der Waals surface area contributed by atoms with E-state index < -0.39 is 6.04 Å². The van der Waals surface area contributed by atoms with Gasteiger partial charge >= 0.3 is 0 Å². The standard InChI is InChI=1S/C26H27N3O3S/c30-24(27-21-10-5-2-6-11-21)20-13-15-29(16-14-20)26(32)22(18-19-8-3-1-4-9-19)28-25(31)23-12-7-17-33-23/h1-12,17,20,22H,13-16,18H2,(H,27,30)(H,28,31). The summed E-state index contributed by atoms with van der Waals surface area (Å²) >= 11 is 1.35. The van der Waals surface area contributed by atoms with E-state index in [0.717, 1.165) is 11.3 Å². The fourth-order valence-corrected chi connectivity index (χ4v) is 4.66. The van der Waals surface area contributed by atoms with Crippen molar-refractivity contribution in [3.63, 3.8) is 0 Å². The van der Waals surface area contributed by atoms with Gasteiger partial charge in [-0.1, -0.05) is 54.6 Å². The molecule has 170 valence electrons. The van der Waals surface area contributed by atoms with Crippen LogP contribution in [0.25, 0.3) is 0 Å². The van der Waals surface area contributed by atoms with Crippen LogP contribution in [0, 0.1) is 5.92 Å². The van der Waals surface area contributed by atoms with Gasteiger partial charge in [-0.3, -0.25) is 14.4 Å². The molecular weight excluding hydrogens is 434 g/mol. The molecule has 7 heteroatoms. The number of piperidine rings is 1. The maximum absolute atomic E-state index is 13.4. The van der Waals surface area contributed by atoms with Crippen molar-refractivity contribution in [3.05, 3.63) is 88.6 Å².